The Morgan fingerprint density at radius 3 is 2.79 bits per heavy atom. The molecule has 0 atom stereocenters. The monoisotopic (exact) mass is 392 g/mol. The number of hydrogen-bond acceptors (Lipinski definition) is 5. The maximum absolute atomic E-state index is 12.6. The van der Waals surface area contributed by atoms with Crippen molar-refractivity contribution in [2.75, 3.05) is 19.0 Å². The van der Waals surface area contributed by atoms with Gasteiger partial charge < -0.3 is 15.4 Å². The first-order chi connectivity index (χ1) is 14.0. The molecule has 0 aliphatic carbocycles. The molecule has 0 fully saturated rings. The Labute approximate surface area is 166 Å². The third-order valence-electron chi connectivity index (χ3n) is 4.84. The van der Waals surface area contributed by atoms with Gasteiger partial charge in [-0.05, 0) is 55.3 Å². The Morgan fingerprint density at radius 1 is 1.21 bits per heavy atom. The van der Waals surface area contributed by atoms with E-state index in [0.29, 0.717) is 29.4 Å². The Morgan fingerprint density at radius 2 is 2.03 bits per heavy atom. The number of benzene rings is 2. The minimum Gasteiger partial charge on any atom is -0.460 e. The number of amides is 2. The van der Waals surface area contributed by atoms with Crippen LogP contribution in [0.3, 0.4) is 0 Å². The van der Waals surface area contributed by atoms with E-state index in [-0.39, 0.29) is 24.2 Å². The van der Waals surface area contributed by atoms with E-state index in [4.69, 9.17) is 4.74 Å². The van der Waals surface area contributed by atoms with Gasteiger partial charge in [-0.15, -0.1) is 0 Å². The number of nitrogens with one attached hydrogen (secondary N) is 2. The van der Waals surface area contributed by atoms with Crippen molar-refractivity contribution in [1.29, 1.82) is 0 Å². The Hall–Kier alpha value is -3.68. The molecular formula is C21H20N4O4. The van der Waals surface area contributed by atoms with Crippen molar-refractivity contribution in [2.24, 2.45) is 0 Å². The number of imidazole rings is 1. The van der Waals surface area contributed by atoms with Crippen LogP contribution in [-0.4, -0.2) is 41.0 Å². The van der Waals surface area contributed by atoms with E-state index >= 15 is 0 Å². The molecule has 2 N–H and O–H groups in total. The first-order valence-corrected chi connectivity index (χ1v) is 9.36. The van der Waals surface area contributed by atoms with E-state index in [1.54, 1.807) is 36.7 Å². The molecular weight excluding hydrogens is 372 g/mol. The van der Waals surface area contributed by atoms with Crippen LogP contribution in [0.15, 0.2) is 36.4 Å². The van der Waals surface area contributed by atoms with Crippen LogP contribution in [-0.2, 0) is 16.0 Å². The molecule has 0 saturated heterocycles. The fourth-order valence-electron chi connectivity index (χ4n) is 3.47. The molecule has 0 bridgehead atoms. The van der Waals surface area contributed by atoms with E-state index in [1.807, 2.05) is 18.2 Å². The first kappa shape index (κ1) is 18.7. The number of carbonyl (C=O) groups is 3. The summed E-state index contributed by atoms with van der Waals surface area (Å²) >= 11 is 0. The van der Waals surface area contributed by atoms with Crippen LogP contribution in [0.5, 0.6) is 0 Å². The summed E-state index contributed by atoms with van der Waals surface area (Å²) in [5, 5.41) is 5.43. The molecule has 0 spiro atoms. The molecule has 4 rings (SSSR count). The molecule has 29 heavy (non-hydrogen) atoms. The predicted octanol–water partition coefficient (Wildman–Crippen LogP) is 2.45. The fourth-order valence-corrected chi connectivity index (χ4v) is 3.47. The summed E-state index contributed by atoms with van der Waals surface area (Å²) in [6.45, 7) is 1.96. The fraction of sp³-hybridized carbons (Fsp3) is 0.238. The lowest BCUT2D eigenvalue weighted by atomic mass is 10.0. The zero-order chi connectivity index (χ0) is 20.5. The number of hydrogen-bond donors (Lipinski definition) is 2. The topological polar surface area (TPSA) is 102 Å². The molecule has 2 heterocycles. The van der Waals surface area contributed by atoms with Gasteiger partial charge in [0.1, 0.15) is 0 Å². The summed E-state index contributed by atoms with van der Waals surface area (Å²) in [5.41, 5.74) is 4.14. The summed E-state index contributed by atoms with van der Waals surface area (Å²) in [6, 6.07) is 10.7. The van der Waals surface area contributed by atoms with Gasteiger partial charge in [-0.25, -0.2) is 9.78 Å². The number of fused-ring (bicyclic) bond motifs is 2. The van der Waals surface area contributed by atoms with Gasteiger partial charge in [0.15, 0.2) is 0 Å². The number of rotatable bonds is 4. The van der Waals surface area contributed by atoms with Gasteiger partial charge in [0.05, 0.1) is 17.6 Å². The highest BCUT2D eigenvalue weighted by Crippen LogP contribution is 2.29. The van der Waals surface area contributed by atoms with Crippen LogP contribution in [0.2, 0.25) is 0 Å². The number of aryl methyl sites for hydroxylation is 1. The van der Waals surface area contributed by atoms with Crippen molar-refractivity contribution in [3.05, 3.63) is 53.3 Å². The summed E-state index contributed by atoms with van der Waals surface area (Å²) < 4.78 is 6.91. The zero-order valence-electron chi connectivity index (χ0n) is 16.1. The van der Waals surface area contributed by atoms with E-state index in [0.717, 1.165) is 16.9 Å². The highest BCUT2D eigenvalue weighted by molar-refractivity contribution is 5.99. The molecule has 0 radical (unpaired) electrons. The van der Waals surface area contributed by atoms with Gasteiger partial charge >= 0.3 is 5.97 Å². The lowest BCUT2D eigenvalue weighted by Crippen LogP contribution is -2.19. The SMILES string of the molecule is CCOC(=O)c1nc2cc(C(=O)NC)ccc2n1-c1ccc2c(c1)CCC(=O)N2. The Bertz CT molecular complexity index is 1150. The molecule has 0 saturated carbocycles. The van der Waals surface area contributed by atoms with Gasteiger partial charge in [0.25, 0.3) is 5.91 Å². The van der Waals surface area contributed by atoms with E-state index in [1.165, 1.54) is 0 Å². The summed E-state index contributed by atoms with van der Waals surface area (Å²) in [4.78, 5) is 40.6. The third-order valence-corrected chi connectivity index (χ3v) is 4.84. The number of nitrogens with zero attached hydrogens (tertiary/aromatic N) is 2. The minimum atomic E-state index is -0.545. The number of carbonyl (C=O) groups excluding carboxylic acids is 3. The lowest BCUT2D eigenvalue weighted by molar-refractivity contribution is -0.116. The molecule has 0 unspecified atom stereocenters. The molecule has 148 valence electrons. The number of anilines is 1. The van der Waals surface area contributed by atoms with Gasteiger partial charge in [-0.3, -0.25) is 14.2 Å². The highest BCUT2D eigenvalue weighted by atomic mass is 16.5. The molecule has 1 aliphatic rings. The maximum Gasteiger partial charge on any atom is 0.374 e. The van der Waals surface area contributed by atoms with Crippen LogP contribution in [0.1, 0.15) is 39.9 Å². The normalized spacial score (nSPS) is 13.0. The first-order valence-electron chi connectivity index (χ1n) is 9.36. The van der Waals surface area contributed by atoms with Crippen molar-refractivity contribution in [3.63, 3.8) is 0 Å². The van der Waals surface area contributed by atoms with Crippen molar-refractivity contribution in [2.45, 2.75) is 19.8 Å². The summed E-state index contributed by atoms with van der Waals surface area (Å²) in [7, 11) is 1.56. The highest BCUT2D eigenvalue weighted by Gasteiger charge is 2.22. The Balaban J connectivity index is 1.89. The van der Waals surface area contributed by atoms with Gasteiger partial charge in [0.2, 0.25) is 11.7 Å². The standard InChI is InChI=1S/C21H20N4O4/c1-3-29-21(28)19-24-16-11-13(20(27)22-2)4-8-17(16)25(19)14-6-7-15-12(10-14)5-9-18(26)23-15/h4,6-8,10-11H,3,5,9H2,1-2H3,(H,22,27)(H,23,26). The molecule has 8 heteroatoms. The van der Waals surface area contributed by atoms with Crippen LogP contribution in [0, 0.1) is 0 Å². The second kappa shape index (κ2) is 7.38. The molecule has 3 aromatic rings. The van der Waals surface area contributed by atoms with Crippen molar-refractivity contribution < 1.29 is 19.1 Å². The van der Waals surface area contributed by atoms with Gasteiger partial charge in [-0.2, -0.15) is 0 Å². The third kappa shape index (κ3) is 3.33. The average Bonchev–Trinajstić information content (AvgIpc) is 3.11. The molecule has 2 aromatic carbocycles. The number of ether oxygens (including phenoxy) is 1. The quantitative estimate of drug-likeness (QED) is 0.664. The van der Waals surface area contributed by atoms with Crippen LogP contribution in [0.25, 0.3) is 16.7 Å². The van der Waals surface area contributed by atoms with Gasteiger partial charge in [0, 0.05) is 30.4 Å². The number of aromatic nitrogens is 2. The molecule has 8 nitrogen and oxygen atoms in total. The van der Waals surface area contributed by atoms with Crippen LogP contribution >= 0.6 is 0 Å². The average molecular weight is 392 g/mol. The van der Waals surface area contributed by atoms with Crippen molar-refractivity contribution in [1.82, 2.24) is 14.9 Å². The van der Waals surface area contributed by atoms with Crippen molar-refractivity contribution >= 4 is 34.5 Å². The molecule has 1 aliphatic heterocycles. The van der Waals surface area contributed by atoms with E-state index < -0.39 is 5.97 Å². The summed E-state index contributed by atoms with van der Waals surface area (Å²) in [6.07, 6.45) is 1.04. The second-order valence-corrected chi connectivity index (χ2v) is 6.66. The number of esters is 1. The second-order valence-electron chi connectivity index (χ2n) is 6.66. The van der Waals surface area contributed by atoms with E-state index in [9.17, 15) is 14.4 Å². The molecule has 1 aromatic heterocycles. The van der Waals surface area contributed by atoms with Crippen LogP contribution < -0.4 is 10.6 Å². The minimum absolute atomic E-state index is 0.00715. The van der Waals surface area contributed by atoms with Crippen molar-refractivity contribution in [3.8, 4) is 5.69 Å². The molecule has 2 amide bonds. The van der Waals surface area contributed by atoms with Gasteiger partial charge in [-0.1, -0.05) is 0 Å². The summed E-state index contributed by atoms with van der Waals surface area (Å²) in [5.74, 6) is -0.650. The Kier molecular flexibility index (Phi) is 4.75. The lowest BCUT2D eigenvalue weighted by Gasteiger charge is -2.18. The largest absolute Gasteiger partial charge is 0.460 e. The van der Waals surface area contributed by atoms with Crippen LogP contribution in [0.4, 0.5) is 5.69 Å². The maximum atomic E-state index is 12.6. The predicted molar refractivity (Wildman–Crippen MR) is 107 cm³/mol. The zero-order valence-corrected chi connectivity index (χ0v) is 16.1. The van der Waals surface area contributed by atoms with E-state index in [2.05, 4.69) is 15.6 Å². The smallest absolute Gasteiger partial charge is 0.374 e.